The fourth-order valence-corrected chi connectivity index (χ4v) is 7.02. The van der Waals surface area contributed by atoms with E-state index in [1.54, 1.807) is 23.1 Å². The van der Waals surface area contributed by atoms with Crippen LogP contribution in [0, 0.1) is 0 Å². The quantitative estimate of drug-likeness (QED) is 0.250. The maximum absolute atomic E-state index is 5.22. The lowest BCUT2D eigenvalue weighted by atomic mass is 10.1. The molecule has 0 bridgehead atoms. The Morgan fingerprint density at radius 2 is 1.52 bits per heavy atom. The van der Waals surface area contributed by atoms with Gasteiger partial charge in [-0.2, -0.15) is 0 Å². The van der Waals surface area contributed by atoms with Gasteiger partial charge in [-0.15, -0.1) is 11.3 Å². The normalized spacial score (nSPS) is 12.7. The van der Waals surface area contributed by atoms with E-state index in [4.69, 9.17) is 9.97 Å². The molecule has 0 fully saturated rings. The zero-order valence-electron chi connectivity index (χ0n) is 17.3. The van der Waals surface area contributed by atoms with Gasteiger partial charge in [0.25, 0.3) is 0 Å². The highest BCUT2D eigenvalue weighted by molar-refractivity contribution is 7.99. The predicted molar refractivity (Wildman–Crippen MR) is 139 cm³/mol. The number of fused-ring (bicyclic) bond motifs is 7. The van der Waals surface area contributed by atoms with E-state index < -0.39 is 0 Å². The molecular formula is C28H15N3S2. The van der Waals surface area contributed by atoms with Crippen molar-refractivity contribution in [3.8, 4) is 17.2 Å². The van der Waals surface area contributed by atoms with Crippen molar-refractivity contribution in [2.75, 3.05) is 0 Å². The largest absolute Gasteiger partial charge is 0.278 e. The molecule has 8 rings (SSSR count). The van der Waals surface area contributed by atoms with Gasteiger partial charge in [-0.1, -0.05) is 54.2 Å². The Morgan fingerprint density at radius 1 is 0.636 bits per heavy atom. The van der Waals surface area contributed by atoms with Gasteiger partial charge in [0.2, 0.25) is 5.95 Å². The summed E-state index contributed by atoms with van der Waals surface area (Å²) in [7, 11) is 0. The summed E-state index contributed by atoms with van der Waals surface area (Å²) in [6.45, 7) is 0. The molecule has 1 aliphatic heterocycles. The second-order valence-corrected chi connectivity index (χ2v) is 10.3. The number of rotatable bonds is 1. The van der Waals surface area contributed by atoms with Crippen LogP contribution in [-0.2, 0) is 0 Å². The summed E-state index contributed by atoms with van der Waals surface area (Å²) < 4.78 is 3.53. The van der Waals surface area contributed by atoms with Crippen LogP contribution in [0.25, 0.3) is 60.0 Å². The van der Waals surface area contributed by atoms with Crippen molar-refractivity contribution in [1.82, 2.24) is 14.5 Å². The molecule has 7 aromatic rings. The van der Waals surface area contributed by atoms with Crippen LogP contribution >= 0.6 is 23.1 Å². The van der Waals surface area contributed by atoms with Crippen molar-refractivity contribution in [1.29, 1.82) is 0 Å². The second-order valence-electron chi connectivity index (χ2n) is 8.27. The first-order valence-corrected chi connectivity index (χ1v) is 12.5. The number of nitrogens with zero attached hydrogens (tertiary/aromatic N) is 3. The van der Waals surface area contributed by atoms with E-state index in [9.17, 15) is 0 Å². The molecule has 4 heterocycles. The van der Waals surface area contributed by atoms with E-state index >= 15 is 0 Å². The van der Waals surface area contributed by atoms with Gasteiger partial charge in [0, 0.05) is 41.6 Å². The minimum atomic E-state index is 0.720. The molecule has 4 aromatic carbocycles. The van der Waals surface area contributed by atoms with Crippen LogP contribution < -0.4 is 0 Å². The van der Waals surface area contributed by atoms with Crippen LogP contribution in [0.1, 0.15) is 0 Å². The average molecular weight is 458 g/mol. The molecular weight excluding hydrogens is 442 g/mol. The molecule has 0 radical (unpaired) electrons. The average Bonchev–Trinajstić information content (AvgIpc) is 3.46. The molecule has 3 aromatic heterocycles. The lowest BCUT2D eigenvalue weighted by molar-refractivity contribution is 1.01. The SMILES string of the molecule is c1ccc2c(c1)Sc1cccc3nc(-n4c5ccccc5c5c6ccsc6ccc54)nc-2c13. The first-order valence-electron chi connectivity index (χ1n) is 10.8. The van der Waals surface area contributed by atoms with Crippen LogP contribution in [0.15, 0.2) is 100 Å². The van der Waals surface area contributed by atoms with Gasteiger partial charge in [-0.3, -0.25) is 4.57 Å². The lowest BCUT2D eigenvalue weighted by Crippen LogP contribution is -2.05. The molecule has 154 valence electrons. The third-order valence-corrected chi connectivity index (χ3v) is 8.52. The number of hydrogen-bond acceptors (Lipinski definition) is 4. The van der Waals surface area contributed by atoms with E-state index in [1.165, 1.54) is 36.2 Å². The Balaban J connectivity index is 1.55. The van der Waals surface area contributed by atoms with E-state index in [0.29, 0.717) is 0 Å². The molecule has 33 heavy (non-hydrogen) atoms. The predicted octanol–water partition coefficient (Wildman–Crippen LogP) is 8.07. The Bertz CT molecular complexity index is 1910. The van der Waals surface area contributed by atoms with Gasteiger partial charge in [0.05, 0.1) is 22.2 Å². The lowest BCUT2D eigenvalue weighted by Gasteiger charge is -2.20. The van der Waals surface area contributed by atoms with Crippen molar-refractivity contribution in [2.45, 2.75) is 9.79 Å². The first kappa shape index (κ1) is 17.8. The van der Waals surface area contributed by atoms with Gasteiger partial charge in [-0.05, 0) is 47.8 Å². The molecule has 0 amide bonds. The summed E-state index contributed by atoms with van der Waals surface area (Å²) in [5.41, 5.74) is 5.45. The van der Waals surface area contributed by atoms with Crippen LogP contribution in [0.4, 0.5) is 0 Å². The number of thiophene rings is 1. The van der Waals surface area contributed by atoms with Gasteiger partial charge in [0.1, 0.15) is 0 Å². The summed E-state index contributed by atoms with van der Waals surface area (Å²) in [6.07, 6.45) is 0. The molecule has 0 saturated carbocycles. The van der Waals surface area contributed by atoms with Crippen molar-refractivity contribution >= 4 is 65.9 Å². The van der Waals surface area contributed by atoms with E-state index in [0.717, 1.165) is 33.6 Å². The van der Waals surface area contributed by atoms with Crippen LogP contribution in [-0.4, -0.2) is 14.5 Å². The van der Waals surface area contributed by atoms with E-state index in [2.05, 4.69) is 94.9 Å². The Morgan fingerprint density at radius 3 is 2.52 bits per heavy atom. The van der Waals surface area contributed by atoms with Crippen LogP contribution in [0.5, 0.6) is 0 Å². The Kier molecular flexibility index (Phi) is 3.48. The maximum atomic E-state index is 5.22. The summed E-state index contributed by atoms with van der Waals surface area (Å²) in [6, 6.07) is 30.2. The van der Waals surface area contributed by atoms with Crippen molar-refractivity contribution in [3.63, 3.8) is 0 Å². The van der Waals surface area contributed by atoms with Crippen molar-refractivity contribution in [3.05, 3.63) is 90.3 Å². The van der Waals surface area contributed by atoms with Crippen LogP contribution in [0.3, 0.4) is 0 Å². The van der Waals surface area contributed by atoms with Gasteiger partial charge < -0.3 is 0 Å². The van der Waals surface area contributed by atoms with Gasteiger partial charge in [0.15, 0.2) is 0 Å². The van der Waals surface area contributed by atoms with Crippen molar-refractivity contribution < 1.29 is 0 Å². The number of hydrogen-bond donors (Lipinski definition) is 0. The number of benzene rings is 4. The third kappa shape index (κ3) is 2.35. The Labute approximate surface area is 197 Å². The molecule has 5 heteroatoms. The number of aromatic nitrogens is 3. The number of para-hydroxylation sites is 1. The van der Waals surface area contributed by atoms with E-state index in [1.807, 2.05) is 0 Å². The highest BCUT2D eigenvalue weighted by Gasteiger charge is 2.23. The molecule has 0 aliphatic carbocycles. The third-order valence-electron chi connectivity index (χ3n) is 6.50. The molecule has 0 N–H and O–H groups in total. The first-order chi connectivity index (χ1) is 16.4. The highest BCUT2D eigenvalue weighted by atomic mass is 32.2. The molecule has 3 nitrogen and oxygen atoms in total. The minimum absolute atomic E-state index is 0.720. The topological polar surface area (TPSA) is 30.7 Å². The molecule has 0 saturated heterocycles. The maximum Gasteiger partial charge on any atom is 0.235 e. The van der Waals surface area contributed by atoms with Gasteiger partial charge in [-0.25, -0.2) is 9.97 Å². The summed E-state index contributed by atoms with van der Waals surface area (Å²) in [5, 5.41) is 7.11. The standard InChI is InChI=1S/C28H15N3S2/c1-3-9-20-16(6-1)25-17-14-15-32-22(17)13-12-21(25)31(20)28-29-19-8-5-11-24-26(19)27(30-28)18-7-2-4-10-23(18)33-24/h1-15H. The summed E-state index contributed by atoms with van der Waals surface area (Å²) in [4.78, 5) is 12.8. The molecule has 0 unspecified atom stereocenters. The summed E-state index contributed by atoms with van der Waals surface area (Å²) in [5.74, 6) is 0.720. The van der Waals surface area contributed by atoms with E-state index in [-0.39, 0.29) is 0 Å². The molecule has 0 spiro atoms. The van der Waals surface area contributed by atoms with Gasteiger partial charge >= 0.3 is 0 Å². The summed E-state index contributed by atoms with van der Waals surface area (Å²) >= 11 is 3.58. The van der Waals surface area contributed by atoms with Crippen LogP contribution in [0.2, 0.25) is 0 Å². The minimum Gasteiger partial charge on any atom is -0.278 e. The highest BCUT2D eigenvalue weighted by Crippen LogP contribution is 2.47. The Hall–Kier alpha value is -3.67. The smallest absolute Gasteiger partial charge is 0.235 e. The second kappa shape index (κ2) is 6.44. The zero-order chi connectivity index (χ0) is 21.5. The van der Waals surface area contributed by atoms with Crippen molar-refractivity contribution in [2.24, 2.45) is 0 Å². The zero-order valence-corrected chi connectivity index (χ0v) is 19.0. The molecule has 1 aliphatic rings. The monoisotopic (exact) mass is 457 g/mol. The fourth-order valence-electron chi connectivity index (χ4n) is 5.12. The fraction of sp³-hybridized carbons (Fsp3) is 0. The molecule has 0 atom stereocenters.